The molecule has 24 heavy (non-hydrogen) atoms. The predicted octanol–water partition coefficient (Wildman–Crippen LogP) is 3.70. The van der Waals surface area contributed by atoms with E-state index in [4.69, 9.17) is 9.47 Å². The number of thiazole rings is 1. The molecule has 1 aromatic carbocycles. The highest BCUT2D eigenvalue weighted by Crippen LogP contribution is 2.20. The van der Waals surface area contributed by atoms with Crippen molar-refractivity contribution in [3.05, 3.63) is 45.9 Å². The molecule has 6 heteroatoms. The lowest BCUT2D eigenvalue weighted by atomic mass is 9.96. The van der Waals surface area contributed by atoms with Gasteiger partial charge in [-0.2, -0.15) is 0 Å². The Kier molecular flexibility index (Phi) is 5.25. The molecule has 1 fully saturated rings. The molecule has 0 aliphatic heterocycles. The first-order valence-electron chi connectivity index (χ1n) is 7.99. The lowest BCUT2D eigenvalue weighted by Crippen LogP contribution is -2.30. The summed E-state index contributed by atoms with van der Waals surface area (Å²) in [5.41, 5.74) is 1.40. The van der Waals surface area contributed by atoms with Crippen LogP contribution in [0.1, 0.15) is 46.7 Å². The number of aryl methyl sites for hydroxylation is 1. The van der Waals surface area contributed by atoms with Gasteiger partial charge in [0.1, 0.15) is 17.4 Å². The van der Waals surface area contributed by atoms with Crippen LogP contribution in [0.4, 0.5) is 0 Å². The molecule has 1 aliphatic rings. The molecule has 1 aromatic heterocycles. The zero-order valence-corrected chi connectivity index (χ0v) is 14.3. The summed E-state index contributed by atoms with van der Waals surface area (Å²) in [5.74, 6) is 0.230. The van der Waals surface area contributed by atoms with E-state index < -0.39 is 12.1 Å². The largest absolute Gasteiger partial charge is 0.486 e. The Hall–Kier alpha value is -2.21. The van der Waals surface area contributed by atoms with Crippen molar-refractivity contribution in [1.82, 2.24) is 4.98 Å². The molecule has 2 aromatic rings. The van der Waals surface area contributed by atoms with Crippen molar-refractivity contribution >= 4 is 23.1 Å². The molecule has 0 bridgehead atoms. The topological polar surface area (TPSA) is 65.5 Å². The van der Waals surface area contributed by atoms with Gasteiger partial charge in [0.15, 0.2) is 17.6 Å². The van der Waals surface area contributed by atoms with Crippen LogP contribution in [0, 0.1) is 6.92 Å². The number of esters is 1. The van der Waals surface area contributed by atoms with E-state index in [0.717, 1.165) is 18.6 Å². The maximum absolute atomic E-state index is 12.1. The number of aromatic nitrogens is 1. The fraction of sp³-hybridized carbons (Fsp3) is 0.389. The number of ether oxygens (including phenoxy) is 2. The highest BCUT2D eigenvalue weighted by molar-refractivity contribution is 7.09. The molecule has 0 N–H and O–H groups in total. The average Bonchev–Trinajstić information content (AvgIpc) is 3.06. The van der Waals surface area contributed by atoms with Crippen LogP contribution in [0.3, 0.4) is 0 Å². The fourth-order valence-corrected chi connectivity index (χ4v) is 3.19. The molecule has 0 saturated heterocycles. The second kappa shape index (κ2) is 7.57. The number of hydrogen-bond donors (Lipinski definition) is 0. The molecule has 0 amide bonds. The van der Waals surface area contributed by atoms with E-state index in [-0.39, 0.29) is 11.5 Å². The number of nitrogens with zero attached hydrogens (tertiary/aromatic N) is 1. The summed E-state index contributed by atoms with van der Waals surface area (Å²) >= 11 is 1.34. The van der Waals surface area contributed by atoms with E-state index in [1.165, 1.54) is 16.9 Å². The van der Waals surface area contributed by atoms with Gasteiger partial charge in [-0.05, 0) is 38.3 Å². The maximum atomic E-state index is 12.1. The van der Waals surface area contributed by atoms with Gasteiger partial charge >= 0.3 is 5.97 Å². The second-order valence-corrected chi connectivity index (χ2v) is 6.78. The van der Waals surface area contributed by atoms with Gasteiger partial charge in [-0.25, -0.2) is 9.78 Å². The first-order valence-corrected chi connectivity index (χ1v) is 8.87. The van der Waals surface area contributed by atoms with Crippen LogP contribution in [-0.4, -0.2) is 22.8 Å². The first-order chi connectivity index (χ1) is 11.6. The number of rotatable bonds is 5. The molecular weight excluding hydrogens is 326 g/mol. The molecule has 1 heterocycles. The number of benzene rings is 1. The number of ketones is 1. The molecule has 5 nitrogen and oxygen atoms in total. The standard InChI is InChI=1S/C18H19NO4S/c1-12-6-8-13(9-7-12)22-10-17-19-14(11-24-17)18(21)23-16-5-3-2-4-15(16)20/h6-9,11,16H,2-5,10H2,1H3/t16-/m0/s1. The van der Waals surface area contributed by atoms with Gasteiger partial charge in [0.05, 0.1) is 0 Å². The van der Waals surface area contributed by atoms with E-state index in [1.807, 2.05) is 31.2 Å². The van der Waals surface area contributed by atoms with Gasteiger partial charge < -0.3 is 9.47 Å². The smallest absolute Gasteiger partial charge is 0.358 e. The second-order valence-electron chi connectivity index (χ2n) is 5.83. The zero-order valence-electron chi connectivity index (χ0n) is 13.5. The van der Waals surface area contributed by atoms with E-state index in [2.05, 4.69) is 4.98 Å². The summed E-state index contributed by atoms with van der Waals surface area (Å²) in [6, 6.07) is 7.74. The SMILES string of the molecule is Cc1ccc(OCc2nc(C(=O)O[C@H]3CCCCC3=O)cs2)cc1. The predicted molar refractivity (Wildman–Crippen MR) is 90.3 cm³/mol. The van der Waals surface area contributed by atoms with Crippen molar-refractivity contribution in [3.63, 3.8) is 0 Å². The Morgan fingerprint density at radius 3 is 2.83 bits per heavy atom. The zero-order chi connectivity index (χ0) is 16.9. The molecule has 126 valence electrons. The van der Waals surface area contributed by atoms with E-state index >= 15 is 0 Å². The van der Waals surface area contributed by atoms with E-state index in [1.54, 1.807) is 5.38 Å². The van der Waals surface area contributed by atoms with Crippen LogP contribution in [0.25, 0.3) is 0 Å². The molecule has 1 saturated carbocycles. The van der Waals surface area contributed by atoms with Crippen molar-refractivity contribution in [2.24, 2.45) is 0 Å². The highest BCUT2D eigenvalue weighted by atomic mass is 32.1. The Labute approximate surface area is 144 Å². The van der Waals surface area contributed by atoms with Gasteiger partial charge in [0.25, 0.3) is 0 Å². The van der Waals surface area contributed by atoms with Crippen LogP contribution in [0.5, 0.6) is 5.75 Å². The number of Topliss-reactive ketones (excluding diaryl/α,β-unsaturated/α-hetero) is 1. The molecule has 1 aliphatic carbocycles. The van der Waals surface area contributed by atoms with Crippen LogP contribution >= 0.6 is 11.3 Å². The molecule has 1 atom stereocenters. The normalized spacial score (nSPS) is 17.5. The molecule has 0 spiro atoms. The van der Waals surface area contributed by atoms with Crippen molar-refractivity contribution in [2.75, 3.05) is 0 Å². The molecule has 3 rings (SSSR count). The van der Waals surface area contributed by atoms with Gasteiger partial charge in [-0.3, -0.25) is 4.79 Å². The van der Waals surface area contributed by atoms with E-state index in [9.17, 15) is 9.59 Å². The minimum Gasteiger partial charge on any atom is -0.486 e. The van der Waals surface area contributed by atoms with Crippen LogP contribution in [0.2, 0.25) is 0 Å². The highest BCUT2D eigenvalue weighted by Gasteiger charge is 2.27. The fourth-order valence-electron chi connectivity index (χ4n) is 2.52. The van der Waals surface area contributed by atoms with Crippen LogP contribution in [0.15, 0.2) is 29.6 Å². The summed E-state index contributed by atoms with van der Waals surface area (Å²) in [5, 5.41) is 2.33. The number of carbonyl (C=O) groups excluding carboxylic acids is 2. The summed E-state index contributed by atoms with van der Waals surface area (Å²) < 4.78 is 10.9. The summed E-state index contributed by atoms with van der Waals surface area (Å²) in [6.45, 7) is 2.31. The third-order valence-electron chi connectivity index (χ3n) is 3.89. The van der Waals surface area contributed by atoms with Gasteiger partial charge in [0, 0.05) is 11.8 Å². The number of carbonyl (C=O) groups is 2. The Balaban J connectivity index is 1.55. The minimum atomic E-state index is -0.611. The average molecular weight is 345 g/mol. The third kappa shape index (κ3) is 4.20. The van der Waals surface area contributed by atoms with Crippen LogP contribution in [-0.2, 0) is 16.1 Å². The van der Waals surface area contributed by atoms with Crippen molar-refractivity contribution < 1.29 is 19.1 Å². The molecular formula is C18H19NO4S. The Morgan fingerprint density at radius 2 is 2.08 bits per heavy atom. The summed E-state index contributed by atoms with van der Waals surface area (Å²) in [6.07, 6.45) is 2.28. The molecule has 0 unspecified atom stereocenters. The van der Waals surface area contributed by atoms with Crippen molar-refractivity contribution in [2.45, 2.75) is 45.3 Å². The number of hydrogen-bond acceptors (Lipinski definition) is 6. The lowest BCUT2D eigenvalue weighted by Gasteiger charge is -2.20. The Bertz CT molecular complexity index is 723. The lowest BCUT2D eigenvalue weighted by molar-refractivity contribution is -0.129. The molecule has 0 radical (unpaired) electrons. The first kappa shape index (κ1) is 16.6. The summed E-state index contributed by atoms with van der Waals surface area (Å²) in [7, 11) is 0. The van der Waals surface area contributed by atoms with E-state index in [0.29, 0.717) is 24.5 Å². The van der Waals surface area contributed by atoms with Crippen molar-refractivity contribution in [3.8, 4) is 5.75 Å². The maximum Gasteiger partial charge on any atom is 0.358 e. The van der Waals surface area contributed by atoms with Gasteiger partial charge in [0.2, 0.25) is 0 Å². The van der Waals surface area contributed by atoms with Gasteiger partial charge in [-0.1, -0.05) is 17.7 Å². The van der Waals surface area contributed by atoms with Crippen molar-refractivity contribution in [1.29, 1.82) is 0 Å². The summed E-state index contributed by atoms with van der Waals surface area (Å²) in [4.78, 5) is 28.1. The Morgan fingerprint density at radius 1 is 1.29 bits per heavy atom. The van der Waals surface area contributed by atoms with Gasteiger partial charge in [-0.15, -0.1) is 11.3 Å². The minimum absolute atomic E-state index is 0.00718. The quantitative estimate of drug-likeness (QED) is 0.773. The third-order valence-corrected chi connectivity index (χ3v) is 4.71. The van der Waals surface area contributed by atoms with Crippen LogP contribution < -0.4 is 4.74 Å². The monoisotopic (exact) mass is 345 g/mol.